The number of fused-ring (bicyclic) bond motifs is 1. The van der Waals surface area contributed by atoms with E-state index in [4.69, 9.17) is 44.9 Å². The molecule has 0 amide bonds. The molecule has 0 aliphatic heterocycles. The largest absolute Gasteiger partial charge is 0.465 e. The molecule has 1 N–H and O–H groups in total. The van der Waals surface area contributed by atoms with Crippen molar-refractivity contribution in [3.63, 3.8) is 0 Å². The van der Waals surface area contributed by atoms with Crippen molar-refractivity contribution in [2.45, 2.75) is 6.54 Å². The first-order valence-electron chi connectivity index (χ1n) is 8.08. The predicted octanol–water partition coefficient (Wildman–Crippen LogP) is 3.86. The normalized spacial score (nSPS) is 11.0. The molecule has 0 spiro atoms. The number of pyridine rings is 1. The smallest absolute Gasteiger partial charge is 0.338 e. The van der Waals surface area contributed by atoms with E-state index in [2.05, 4.69) is 9.97 Å². The minimum atomic E-state index is -0.672. The molecule has 146 valence electrons. The molecule has 1 aromatic carbocycles. The predicted molar refractivity (Wildman–Crippen MR) is 110 cm³/mol. The van der Waals surface area contributed by atoms with Crippen LogP contribution < -0.4 is 5.56 Å². The molecule has 2 aromatic heterocycles. The Morgan fingerprint density at radius 3 is 2.64 bits per heavy atom. The molecule has 0 saturated carbocycles. The third-order valence-corrected chi connectivity index (χ3v) is 5.15. The topological polar surface area (TPSA) is 86.2 Å². The van der Waals surface area contributed by atoms with E-state index < -0.39 is 11.5 Å². The number of nitrogens with zero attached hydrogens (tertiary/aromatic N) is 2. The van der Waals surface area contributed by atoms with Crippen LogP contribution in [0.1, 0.15) is 10.4 Å². The quantitative estimate of drug-likeness (QED) is 0.479. The fraction of sp³-hybridized carbons (Fsp3) is 0.222. The highest BCUT2D eigenvalue weighted by atomic mass is 35.5. The molecule has 3 aromatic rings. The van der Waals surface area contributed by atoms with Crippen molar-refractivity contribution in [1.82, 2.24) is 14.5 Å². The van der Waals surface area contributed by atoms with Crippen LogP contribution in [0.15, 0.2) is 29.1 Å². The Bertz CT molecular complexity index is 1190. The summed E-state index contributed by atoms with van der Waals surface area (Å²) in [7, 11) is 2.79. The summed E-state index contributed by atoms with van der Waals surface area (Å²) in [4.78, 5) is 32.1. The van der Waals surface area contributed by atoms with E-state index >= 15 is 0 Å². The average Bonchev–Trinajstić information content (AvgIpc) is 2.68. The highest BCUT2D eigenvalue weighted by Crippen LogP contribution is 2.29. The lowest BCUT2D eigenvalue weighted by Crippen LogP contribution is -2.20. The Morgan fingerprint density at radius 2 is 2.00 bits per heavy atom. The van der Waals surface area contributed by atoms with Crippen LogP contribution >= 0.6 is 35.4 Å². The SMILES string of the molecule is COCCn1c(=S)[nH]c(=O)c2c(C(=O)OC)cc(-c3ccc(Cl)c(Cl)c3)nc21. The first-order valence-corrected chi connectivity index (χ1v) is 9.24. The third-order valence-electron chi connectivity index (χ3n) is 4.09. The molecule has 0 aliphatic carbocycles. The number of ether oxygens (including phenoxy) is 2. The molecule has 0 fully saturated rings. The maximum Gasteiger partial charge on any atom is 0.338 e. The van der Waals surface area contributed by atoms with E-state index in [9.17, 15) is 9.59 Å². The number of carbonyl (C=O) groups is 1. The van der Waals surface area contributed by atoms with Crippen LogP contribution in [0.4, 0.5) is 0 Å². The molecule has 0 atom stereocenters. The molecule has 3 rings (SSSR count). The number of esters is 1. The Kier molecular flexibility index (Phi) is 6.14. The van der Waals surface area contributed by atoms with Gasteiger partial charge in [0.1, 0.15) is 5.65 Å². The van der Waals surface area contributed by atoms with Gasteiger partial charge in [-0.05, 0) is 30.4 Å². The van der Waals surface area contributed by atoms with E-state index in [0.29, 0.717) is 34.5 Å². The molecule has 0 saturated heterocycles. The van der Waals surface area contributed by atoms with Crippen molar-refractivity contribution in [2.24, 2.45) is 0 Å². The zero-order chi connectivity index (χ0) is 20.4. The second kappa shape index (κ2) is 8.40. The highest BCUT2D eigenvalue weighted by molar-refractivity contribution is 7.71. The second-order valence-electron chi connectivity index (χ2n) is 5.78. The number of nitrogens with one attached hydrogen (secondary N) is 1. The standard InChI is InChI=1S/C18H15Cl2N3O4S/c1-26-6-5-23-15-14(16(24)22-18(23)28)10(17(25)27-2)8-13(21-15)9-3-4-11(19)12(20)7-9/h3-4,7-8H,5-6H2,1-2H3,(H,22,24,28). The van der Waals surface area contributed by atoms with Gasteiger partial charge in [-0.1, -0.05) is 29.3 Å². The summed E-state index contributed by atoms with van der Waals surface area (Å²) >= 11 is 17.4. The summed E-state index contributed by atoms with van der Waals surface area (Å²) in [6, 6.07) is 6.44. The maximum atomic E-state index is 12.6. The summed E-state index contributed by atoms with van der Waals surface area (Å²) in [5.74, 6) is -0.672. The van der Waals surface area contributed by atoms with Gasteiger partial charge < -0.3 is 14.0 Å². The van der Waals surface area contributed by atoms with Crippen LogP contribution in [-0.4, -0.2) is 41.3 Å². The number of halogens is 2. The molecule has 10 heteroatoms. The number of aromatic amines is 1. The number of H-pyrrole nitrogens is 1. The third kappa shape index (κ3) is 3.81. The van der Waals surface area contributed by atoms with Gasteiger partial charge in [0.15, 0.2) is 4.77 Å². The van der Waals surface area contributed by atoms with Crippen LogP contribution in [0.5, 0.6) is 0 Å². The number of hydrogen-bond acceptors (Lipinski definition) is 6. The van der Waals surface area contributed by atoms with Crippen LogP contribution in [0.2, 0.25) is 10.0 Å². The van der Waals surface area contributed by atoms with E-state index in [1.54, 1.807) is 29.9 Å². The van der Waals surface area contributed by atoms with E-state index in [0.717, 1.165) is 0 Å². The monoisotopic (exact) mass is 439 g/mol. The van der Waals surface area contributed by atoms with Gasteiger partial charge in [-0.25, -0.2) is 9.78 Å². The Hall–Kier alpha value is -2.26. The summed E-state index contributed by atoms with van der Waals surface area (Å²) < 4.78 is 11.7. The fourth-order valence-electron chi connectivity index (χ4n) is 2.74. The average molecular weight is 440 g/mol. The molecule has 28 heavy (non-hydrogen) atoms. The van der Waals surface area contributed by atoms with Gasteiger partial charge in [-0.15, -0.1) is 0 Å². The minimum Gasteiger partial charge on any atom is -0.465 e. The molecule has 2 heterocycles. The second-order valence-corrected chi connectivity index (χ2v) is 6.98. The molecule has 7 nitrogen and oxygen atoms in total. The van der Waals surface area contributed by atoms with Gasteiger partial charge in [0.25, 0.3) is 5.56 Å². The summed E-state index contributed by atoms with van der Waals surface area (Å²) in [6.45, 7) is 0.669. The van der Waals surface area contributed by atoms with Crippen LogP contribution in [-0.2, 0) is 16.0 Å². The molecular formula is C18H15Cl2N3O4S. The lowest BCUT2D eigenvalue weighted by molar-refractivity contribution is 0.0603. The number of benzene rings is 1. The zero-order valence-corrected chi connectivity index (χ0v) is 17.2. The summed E-state index contributed by atoms with van der Waals surface area (Å²) in [5.41, 5.74) is 0.816. The first kappa shape index (κ1) is 20.5. The lowest BCUT2D eigenvalue weighted by atomic mass is 10.1. The minimum absolute atomic E-state index is 0.0657. The number of carbonyl (C=O) groups excluding carboxylic acids is 1. The van der Waals surface area contributed by atoms with Gasteiger partial charge >= 0.3 is 5.97 Å². The van der Waals surface area contributed by atoms with Gasteiger partial charge in [0.05, 0.1) is 47.0 Å². The molecule has 0 unspecified atom stereocenters. The zero-order valence-electron chi connectivity index (χ0n) is 14.9. The van der Waals surface area contributed by atoms with Crippen LogP contribution in [0.3, 0.4) is 0 Å². The Labute approximate surface area is 174 Å². The van der Waals surface area contributed by atoms with Crippen LogP contribution in [0.25, 0.3) is 22.3 Å². The van der Waals surface area contributed by atoms with Crippen molar-refractivity contribution >= 4 is 52.4 Å². The van der Waals surface area contributed by atoms with Crippen molar-refractivity contribution in [1.29, 1.82) is 0 Å². The summed E-state index contributed by atoms with van der Waals surface area (Å²) in [5, 5.41) is 0.807. The number of hydrogen-bond donors (Lipinski definition) is 1. The van der Waals surface area contributed by atoms with Gasteiger partial charge in [-0.3, -0.25) is 9.78 Å². The molecule has 0 radical (unpaired) electrons. The Morgan fingerprint density at radius 1 is 1.25 bits per heavy atom. The Balaban J connectivity index is 2.41. The summed E-state index contributed by atoms with van der Waals surface area (Å²) in [6.07, 6.45) is 0. The van der Waals surface area contributed by atoms with Gasteiger partial charge in [-0.2, -0.15) is 0 Å². The van der Waals surface area contributed by atoms with Crippen molar-refractivity contribution < 1.29 is 14.3 Å². The molecular weight excluding hydrogens is 425 g/mol. The van der Waals surface area contributed by atoms with E-state index in [-0.39, 0.29) is 21.4 Å². The number of aromatic nitrogens is 3. The maximum absolute atomic E-state index is 12.6. The van der Waals surface area contributed by atoms with Crippen molar-refractivity contribution in [3.8, 4) is 11.3 Å². The fourth-order valence-corrected chi connectivity index (χ4v) is 3.31. The highest BCUT2D eigenvalue weighted by Gasteiger charge is 2.20. The number of methoxy groups -OCH3 is 2. The molecule has 0 aliphatic rings. The first-order chi connectivity index (χ1) is 13.4. The van der Waals surface area contributed by atoms with E-state index in [1.165, 1.54) is 13.2 Å². The van der Waals surface area contributed by atoms with Crippen molar-refractivity contribution in [3.05, 3.63) is 55.0 Å². The number of rotatable bonds is 5. The van der Waals surface area contributed by atoms with Gasteiger partial charge in [0, 0.05) is 12.7 Å². The lowest BCUT2D eigenvalue weighted by Gasteiger charge is -2.14. The molecule has 0 bridgehead atoms. The van der Waals surface area contributed by atoms with Crippen LogP contribution in [0, 0.1) is 4.77 Å². The van der Waals surface area contributed by atoms with Gasteiger partial charge in [0.2, 0.25) is 0 Å². The van der Waals surface area contributed by atoms with E-state index in [1.807, 2.05) is 0 Å². The van der Waals surface area contributed by atoms with Crippen molar-refractivity contribution in [2.75, 3.05) is 20.8 Å².